The summed E-state index contributed by atoms with van der Waals surface area (Å²) in [6, 6.07) is 5.79. The molecule has 1 aliphatic carbocycles. The highest BCUT2D eigenvalue weighted by molar-refractivity contribution is 14.1. The maximum absolute atomic E-state index is 12.2. The molecule has 1 amide bonds. The molecule has 0 spiro atoms. The van der Waals surface area contributed by atoms with Crippen LogP contribution in [0.2, 0.25) is 0 Å². The molecule has 5 heteroatoms. The molecule has 1 aromatic rings. The first kappa shape index (κ1) is 15.8. The van der Waals surface area contributed by atoms with Crippen LogP contribution >= 0.6 is 54.5 Å². The zero-order chi connectivity index (χ0) is 13.8. The lowest BCUT2D eigenvalue weighted by Gasteiger charge is -2.25. The Labute approximate surface area is 144 Å². The van der Waals surface area contributed by atoms with E-state index in [9.17, 15) is 4.79 Å². The van der Waals surface area contributed by atoms with Gasteiger partial charge in [-0.15, -0.1) is 0 Å². The fourth-order valence-corrected chi connectivity index (χ4v) is 3.80. The van der Waals surface area contributed by atoms with Gasteiger partial charge in [0.1, 0.15) is 0 Å². The monoisotopic (exact) mass is 499 g/mol. The summed E-state index contributed by atoms with van der Waals surface area (Å²) < 4.78 is 1.93. The van der Waals surface area contributed by atoms with E-state index in [-0.39, 0.29) is 5.91 Å². The second-order valence-electron chi connectivity index (χ2n) is 4.95. The van der Waals surface area contributed by atoms with Gasteiger partial charge in [0.2, 0.25) is 0 Å². The van der Waals surface area contributed by atoms with Crippen molar-refractivity contribution in [2.45, 2.75) is 30.5 Å². The molecule has 0 radical (unpaired) electrons. The Morgan fingerprint density at radius 1 is 1.32 bits per heavy atom. The van der Waals surface area contributed by atoms with E-state index in [1.165, 1.54) is 25.7 Å². The van der Waals surface area contributed by atoms with Gasteiger partial charge in [0, 0.05) is 19.4 Å². The predicted molar refractivity (Wildman–Crippen MR) is 93.9 cm³/mol. The summed E-state index contributed by atoms with van der Waals surface area (Å²) >= 11 is 9.27. The Bertz CT molecular complexity index is 459. The maximum Gasteiger partial charge on any atom is 0.252 e. The van der Waals surface area contributed by atoms with Crippen LogP contribution in [0.3, 0.4) is 0 Å². The van der Waals surface area contributed by atoms with Crippen molar-refractivity contribution in [1.82, 2.24) is 5.32 Å². The van der Waals surface area contributed by atoms with Gasteiger partial charge in [-0.3, -0.25) is 4.79 Å². The van der Waals surface area contributed by atoms with Gasteiger partial charge >= 0.3 is 0 Å². The highest BCUT2D eigenvalue weighted by Gasteiger charge is 2.20. The second-order valence-corrected chi connectivity index (χ2v) is 8.33. The van der Waals surface area contributed by atoms with Crippen molar-refractivity contribution < 1.29 is 4.79 Å². The molecule has 2 rings (SSSR count). The van der Waals surface area contributed by atoms with Crippen LogP contribution in [0.1, 0.15) is 36.0 Å². The molecule has 19 heavy (non-hydrogen) atoms. The van der Waals surface area contributed by atoms with Crippen LogP contribution in [0.5, 0.6) is 0 Å². The number of amides is 1. The molecule has 0 aliphatic heterocycles. The Morgan fingerprint density at radius 3 is 2.68 bits per heavy atom. The van der Waals surface area contributed by atoms with Crippen LogP contribution in [0.4, 0.5) is 0 Å². The Kier molecular flexibility index (Phi) is 6.14. The molecule has 0 atom stereocenters. The van der Waals surface area contributed by atoms with Gasteiger partial charge in [-0.2, -0.15) is 0 Å². The number of benzene rings is 1. The molecule has 1 aromatic carbocycles. The third-order valence-corrected chi connectivity index (χ3v) is 5.85. The smallest absolute Gasteiger partial charge is 0.252 e. The van der Waals surface area contributed by atoms with Crippen molar-refractivity contribution in [3.05, 3.63) is 31.8 Å². The van der Waals surface area contributed by atoms with Gasteiger partial charge in [0.05, 0.1) is 5.56 Å². The number of nitrogens with one attached hydrogen (secondary N) is 1. The van der Waals surface area contributed by atoms with Gasteiger partial charge in [-0.1, -0.05) is 31.9 Å². The van der Waals surface area contributed by atoms with E-state index in [4.69, 9.17) is 0 Å². The number of hydrogen-bond acceptors (Lipinski definition) is 1. The number of halogens is 3. The first-order valence-electron chi connectivity index (χ1n) is 6.43. The molecule has 2 nitrogen and oxygen atoms in total. The fraction of sp³-hybridized carbons (Fsp3) is 0.500. The van der Waals surface area contributed by atoms with E-state index in [2.05, 4.69) is 59.8 Å². The van der Waals surface area contributed by atoms with E-state index in [1.807, 2.05) is 18.2 Å². The Balaban J connectivity index is 1.89. The normalized spacial score (nSPS) is 23.1. The fourth-order valence-electron chi connectivity index (χ4n) is 2.33. The molecular formula is C14H16Br2INO. The molecule has 0 bridgehead atoms. The van der Waals surface area contributed by atoms with Gasteiger partial charge < -0.3 is 5.32 Å². The molecule has 0 aromatic heterocycles. The van der Waals surface area contributed by atoms with E-state index in [0.29, 0.717) is 10.7 Å². The second kappa shape index (κ2) is 7.41. The van der Waals surface area contributed by atoms with Crippen molar-refractivity contribution >= 4 is 60.4 Å². The first-order valence-corrected chi connectivity index (χ1v) is 9.22. The summed E-state index contributed by atoms with van der Waals surface area (Å²) in [5, 5.41) is 3.07. The first-order chi connectivity index (χ1) is 9.06. The summed E-state index contributed by atoms with van der Waals surface area (Å²) in [7, 11) is 0. The zero-order valence-corrected chi connectivity index (χ0v) is 15.8. The summed E-state index contributed by atoms with van der Waals surface area (Å²) in [6.45, 7) is 0.793. The molecule has 104 valence electrons. The lowest BCUT2D eigenvalue weighted by atomic mass is 9.89. The van der Waals surface area contributed by atoms with Gasteiger partial charge in [-0.25, -0.2) is 0 Å². The van der Waals surface area contributed by atoms with E-state index in [1.54, 1.807) is 0 Å². The Morgan fingerprint density at radius 2 is 2.00 bits per heavy atom. The minimum absolute atomic E-state index is 0.0339. The van der Waals surface area contributed by atoms with Crippen LogP contribution in [0.15, 0.2) is 22.7 Å². The Hall–Kier alpha value is 0.380. The number of carbonyl (C=O) groups excluding carboxylic acids is 1. The third-order valence-electron chi connectivity index (χ3n) is 3.50. The summed E-state index contributed by atoms with van der Waals surface area (Å²) in [5.74, 6) is 0.661. The van der Waals surface area contributed by atoms with Crippen LogP contribution < -0.4 is 5.32 Å². The lowest BCUT2D eigenvalue weighted by Crippen LogP contribution is -2.31. The minimum atomic E-state index is 0.0339. The van der Waals surface area contributed by atoms with Gasteiger partial charge in [0.25, 0.3) is 5.91 Å². The molecule has 1 fully saturated rings. The molecule has 0 unspecified atom stereocenters. The largest absolute Gasteiger partial charge is 0.352 e. The highest BCUT2D eigenvalue weighted by Crippen LogP contribution is 2.28. The van der Waals surface area contributed by atoms with E-state index < -0.39 is 0 Å². The lowest BCUT2D eigenvalue weighted by molar-refractivity contribution is 0.0943. The third kappa shape index (κ3) is 4.70. The molecule has 1 aliphatic rings. The number of rotatable bonds is 3. The summed E-state index contributed by atoms with van der Waals surface area (Å²) in [6.07, 6.45) is 4.83. The van der Waals surface area contributed by atoms with Crippen molar-refractivity contribution in [2.75, 3.05) is 6.54 Å². The SMILES string of the molecule is O=C(NCC1CCC(Br)CC1)c1cc(Br)ccc1I. The average Bonchev–Trinajstić information content (AvgIpc) is 2.40. The summed E-state index contributed by atoms with van der Waals surface area (Å²) in [5.41, 5.74) is 0.754. The molecule has 1 N–H and O–H groups in total. The van der Waals surface area contributed by atoms with E-state index in [0.717, 1.165) is 20.2 Å². The van der Waals surface area contributed by atoms with Gasteiger partial charge in [0.15, 0.2) is 0 Å². The topological polar surface area (TPSA) is 29.1 Å². The van der Waals surface area contributed by atoms with E-state index >= 15 is 0 Å². The van der Waals surface area contributed by atoms with Crippen LogP contribution in [0.25, 0.3) is 0 Å². The standard InChI is InChI=1S/C14H16Br2INO/c15-10-3-1-9(2-4-10)8-18-14(19)12-7-11(16)5-6-13(12)17/h5-7,9-10H,1-4,8H2,(H,18,19). The zero-order valence-electron chi connectivity index (χ0n) is 10.5. The average molecular weight is 501 g/mol. The predicted octanol–water partition coefficient (Wildman–Crippen LogP) is 4.74. The highest BCUT2D eigenvalue weighted by atomic mass is 127. The van der Waals surface area contributed by atoms with Crippen LogP contribution in [0, 0.1) is 9.49 Å². The quantitative estimate of drug-likeness (QED) is 0.471. The van der Waals surface area contributed by atoms with Crippen LogP contribution in [-0.4, -0.2) is 17.3 Å². The summed E-state index contributed by atoms with van der Waals surface area (Å²) in [4.78, 5) is 12.9. The molecule has 0 heterocycles. The molecule has 0 saturated heterocycles. The van der Waals surface area contributed by atoms with Crippen molar-refractivity contribution in [3.8, 4) is 0 Å². The van der Waals surface area contributed by atoms with Crippen molar-refractivity contribution in [3.63, 3.8) is 0 Å². The number of alkyl halides is 1. The van der Waals surface area contributed by atoms with Crippen molar-refractivity contribution in [2.24, 2.45) is 5.92 Å². The molecule has 1 saturated carbocycles. The maximum atomic E-state index is 12.2. The number of carbonyl (C=O) groups is 1. The molecular weight excluding hydrogens is 485 g/mol. The van der Waals surface area contributed by atoms with Gasteiger partial charge in [-0.05, 0) is 72.4 Å². The van der Waals surface area contributed by atoms with Crippen LogP contribution in [-0.2, 0) is 0 Å². The number of hydrogen-bond donors (Lipinski definition) is 1. The van der Waals surface area contributed by atoms with Crippen molar-refractivity contribution in [1.29, 1.82) is 0 Å². The minimum Gasteiger partial charge on any atom is -0.352 e.